The van der Waals surface area contributed by atoms with Crippen molar-refractivity contribution in [1.82, 2.24) is 24.3 Å². The van der Waals surface area contributed by atoms with E-state index in [1.54, 1.807) is 20.2 Å². The number of halogens is 5. The number of fused-ring (bicyclic) bond motifs is 1. The molecule has 0 bridgehead atoms. The van der Waals surface area contributed by atoms with Crippen LogP contribution in [0.2, 0.25) is 0 Å². The molecule has 232 valence electrons. The van der Waals surface area contributed by atoms with Crippen LogP contribution in [0.3, 0.4) is 0 Å². The highest BCUT2D eigenvalue weighted by Crippen LogP contribution is 2.33. The minimum absolute atomic E-state index is 0.109. The van der Waals surface area contributed by atoms with E-state index in [2.05, 4.69) is 15.3 Å². The van der Waals surface area contributed by atoms with Crippen LogP contribution in [0.1, 0.15) is 21.7 Å². The Morgan fingerprint density at radius 2 is 1.91 bits per heavy atom. The predicted octanol–water partition coefficient (Wildman–Crippen LogP) is 2.87. The Labute approximate surface area is 245 Å². The highest BCUT2D eigenvalue weighted by Gasteiger charge is 2.46. The zero-order valence-electron chi connectivity index (χ0n) is 23.2. The molecule has 4 aromatic rings. The maximum Gasteiger partial charge on any atom is 0.411 e. The first kappa shape index (κ1) is 30.6. The van der Waals surface area contributed by atoms with Crippen molar-refractivity contribution in [2.75, 3.05) is 24.7 Å². The molecule has 1 aromatic carbocycles. The maximum atomic E-state index is 15.0. The first-order valence-electron chi connectivity index (χ1n) is 13.2. The van der Waals surface area contributed by atoms with Gasteiger partial charge in [0, 0.05) is 55.5 Å². The number of aryl methyl sites for hydroxylation is 2. The van der Waals surface area contributed by atoms with Crippen molar-refractivity contribution in [3.8, 4) is 11.3 Å². The van der Waals surface area contributed by atoms with Crippen LogP contribution in [0.5, 0.6) is 0 Å². The van der Waals surface area contributed by atoms with E-state index in [4.69, 9.17) is 4.74 Å². The van der Waals surface area contributed by atoms with Gasteiger partial charge in [-0.3, -0.25) is 9.59 Å². The fourth-order valence-electron chi connectivity index (χ4n) is 5.12. The highest BCUT2D eigenvalue weighted by molar-refractivity contribution is 5.97. The third-order valence-corrected chi connectivity index (χ3v) is 7.19. The number of nitrogens with one attached hydrogen (secondary N) is 1. The molecule has 1 fully saturated rings. The fraction of sp³-hybridized carbons (Fsp3) is 0.321. The van der Waals surface area contributed by atoms with Crippen LogP contribution in [0, 0.1) is 18.6 Å². The highest BCUT2D eigenvalue weighted by atomic mass is 19.4. The van der Waals surface area contributed by atoms with Gasteiger partial charge in [-0.2, -0.15) is 13.2 Å². The minimum atomic E-state index is -4.75. The van der Waals surface area contributed by atoms with Gasteiger partial charge >= 0.3 is 12.1 Å². The molecule has 0 radical (unpaired) electrons. The summed E-state index contributed by atoms with van der Waals surface area (Å²) in [6.07, 6.45) is -0.628. The summed E-state index contributed by atoms with van der Waals surface area (Å²) in [5.74, 6) is -5.88. The van der Waals surface area contributed by atoms with E-state index < -0.39 is 59.6 Å². The van der Waals surface area contributed by atoms with Gasteiger partial charge in [-0.1, -0.05) is 0 Å². The first-order valence-corrected chi connectivity index (χ1v) is 13.2. The molecule has 5 rings (SSSR count). The summed E-state index contributed by atoms with van der Waals surface area (Å²) in [6.45, 7) is 0.563. The van der Waals surface area contributed by atoms with Crippen molar-refractivity contribution >= 4 is 23.2 Å². The number of alkyl halides is 3. The van der Waals surface area contributed by atoms with E-state index in [0.717, 1.165) is 4.90 Å². The smallest absolute Gasteiger partial charge is 0.411 e. The number of nitrogens with zero attached hydrogens (tertiary/aromatic N) is 5. The lowest BCUT2D eigenvalue weighted by atomic mass is 10.1. The standard InChI is InChI=1S/C28H25F5N6O5/c1-14-12-37(2)26(41)23(35-14)17-4-3-15(39-6-5-34-24(17)39)11-20(27(42)43)36-25(40)22-18(29)9-16(10-19(22)30)38-7-8-44-13-21(38)28(31,32)33/h3-6,9-10,12,20-21H,7-8,11,13H2,1-2H3,(H,36,40)(H,42,43)/t20-,21-/m0/s1. The van der Waals surface area contributed by atoms with Gasteiger partial charge in [0.2, 0.25) is 0 Å². The van der Waals surface area contributed by atoms with Crippen molar-refractivity contribution in [2.24, 2.45) is 7.05 Å². The molecular weight excluding hydrogens is 595 g/mol. The summed E-state index contributed by atoms with van der Waals surface area (Å²) in [7, 11) is 1.57. The molecule has 1 aliphatic rings. The average Bonchev–Trinajstić information content (AvgIpc) is 3.44. The fourth-order valence-corrected chi connectivity index (χ4v) is 5.12. The van der Waals surface area contributed by atoms with Crippen LogP contribution >= 0.6 is 0 Å². The molecule has 0 unspecified atom stereocenters. The first-order chi connectivity index (χ1) is 20.8. The number of morpholine rings is 1. The minimum Gasteiger partial charge on any atom is -0.480 e. The van der Waals surface area contributed by atoms with E-state index >= 15 is 8.78 Å². The summed E-state index contributed by atoms with van der Waals surface area (Å²) < 4.78 is 78.2. The molecule has 1 amide bonds. The molecule has 44 heavy (non-hydrogen) atoms. The lowest BCUT2D eigenvalue weighted by molar-refractivity contribution is -0.167. The summed E-state index contributed by atoms with van der Waals surface area (Å²) in [5.41, 5.74) is -0.327. The number of imidazole rings is 1. The molecule has 16 heteroatoms. The van der Waals surface area contributed by atoms with E-state index in [1.807, 2.05) is 0 Å². The molecule has 2 atom stereocenters. The normalized spacial score (nSPS) is 16.2. The van der Waals surface area contributed by atoms with E-state index in [9.17, 15) is 32.7 Å². The largest absolute Gasteiger partial charge is 0.480 e. The SMILES string of the molecule is Cc1cn(C)c(=O)c(-c2ccc(C[C@H](NC(=O)c3c(F)cc(N4CCOC[C@H]4C(F)(F)F)cc3F)C(=O)O)n3ccnc23)n1. The Bertz CT molecular complexity index is 1800. The lowest BCUT2D eigenvalue weighted by Crippen LogP contribution is -2.53. The van der Waals surface area contributed by atoms with Crippen molar-refractivity contribution in [3.05, 3.63) is 81.8 Å². The number of amides is 1. The van der Waals surface area contributed by atoms with Crippen LogP contribution in [0.15, 0.2) is 47.7 Å². The molecule has 4 heterocycles. The van der Waals surface area contributed by atoms with Crippen LogP contribution in [0.4, 0.5) is 27.6 Å². The second kappa shape index (κ2) is 11.7. The lowest BCUT2D eigenvalue weighted by Gasteiger charge is -2.38. The zero-order chi connectivity index (χ0) is 31.9. The van der Waals surface area contributed by atoms with Crippen molar-refractivity contribution in [2.45, 2.75) is 31.6 Å². The molecule has 11 nitrogen and oxygen atoms in total. The number of hydrogen-bond acceptors (Lipinski definition) is 7. The summed E-state index contributed by atoms with van der Waals surface area (Å²) in [6, 6.07) is 0.382. The summed E-state index contributed by atoms with van der Waals surface area (Å²) in [5, 5.41) is 11.9. The molecule has 0 saturated carbocycles. The van der Waals surface area contributed by atoms with Gasteiger partial charge in [0.15, 0.2) is 0 Å². The number of hydrogen-bond donors (Lipinski definition) is 2. The van der Waals surface area contributed by atoms with Gasteiger partial charge in [-0.05, 0) is 31.2 Å². The van der Waals surface area contributed by atoms with Gasteiger partial charge in [-0.25, -0.2) is 23.5 Å². The zero-order valence-corrected chi connectivity index (χ0v) is 23.2. The summed E-state index contributed by atoms with van der Waals surface area (Å²) >= 11 is 0. The van der Waals surface area contributed by atoms with Crippen molar-refractivity contribution in [3.63, 3.8) is 0 Å². The summed E-state index contributed by atoms with van der Waals surface area (Å²) in [4.78, 5) is 47.1. The number of carbonyl (C=O) groups excluding carboxylic acids is 1. The molecule has 0 spiro atoms. The number of pyridine rings is 1. The topological polar surface area (TPSA) is 131 Å². The third-order valence-electron chi connectivity index (χ3n) is 7.19. The van der Waals surface area contributed by atoms with Gasteiger partial charge < -0.3 is 29.0 Å². The number of ether oxygens (including phenoxy) is 1. The van der Waals surface area contributed by atoms with Crippen LogP contribution in [-0.4, -0.2) is 73.9 Å². The van der Waals surface area contributed by atoms with E-state index in [1.165, 1.54) is 33.5 Å². The third kappa shape index (κ3) is 5.84. The Kier molecular flexibility index (Phi) is 8.11. The van der Waals surface area contributed by atoms with E-state index in [-0.39, 0.29) is 36.5 Å². The van der Waals surface area contributed by atoms with Gasteiger partial charge in [0.25, 0.3) is 11.5 Å². The molecule has 3 aromatic heterocycles. The second-order valence-electron chi connectivity index (χ2n) is 10.2. The molecule has 1 saturated heterocycles. The Balaban J connectivity index is 1.41. The monoisotopic (exact) mass is 620 g/mol. The van der Waals surface area contributed by atoms with Crippen LogP contribution < -0.4 is 15.8 Å². The number of carbonyl (C=O) groups is 2. The number of carboxylic acid groups (broad SMARTS) is 1. The van der Waals surface area contributed by atoms with Crippen molar-refractivity contribution in [1.29, 1.82) is 0 Å². The Morgan fingerprint density at radius 1 is 1.20 bits per heavy atom. The number of aromatic nitrogens is 4. The number of aliphatic carboxylic acids is 1. The van der Waals surface area contributed by atoms with Gasteiger partial charge in [0.05, 0.1) is 18.9 Å². The quantitative estimate of drug-likeness (QED) is 0.302. The van der Waals surface area contributed by atoms with Gasteiger partial charge in [0.1, 0.15) is 40.6 Å². The number of rotatable bonds is 7. The number of anilines is 1. The maximum absolute atomic E-state index is 15.0. The number of carboxylic acids is 1. The molecule has 2 N–H and O–H groups in total. The average molecular weight is 621 g/mol. The van der Waals surface area contributed by atoms with Crippen LogP contribution in [0.25, 0.3) is 16.9 Å². The van der Waals surface area contributed by atoms with Crippen LogP contribution in [-0.2, 0) is 23.0 Å². The molecular formula is C28H25F5N6O5. The Morgan fingerprint density at radius 3 is 2.57 bits per heavy atom. The predicted molar refractivity (Wildman–Crippen MR) is 145 cm³/mol. The van der Waals surface area contributed by atoms with Gasteiger partial charge in [-0.15, -0.1) is 0 Å². The Hall–Kier alpha value is -4.86. The second-order valence-corrected chi connectivity index (χ2v) is 10.2. The molecule has 0 aliphatic carbocycles. The molecule has 1 aliphatic heterocycles. The van der Waals surface area contributed by atoms with E-state index in [0.29, 0.717) is 29.1 Å². The van der Waals surface area contributed by atoms with Crippen molar-refractivity contribution < 1.29 is 41.4 Å². The number of benzene rings is 1.